The van der Waals surface area contributed by atoms with Crippen LogP contribution in [0.1, 0.15) is 51.9 Å². The molecule has 2 atom stereocenters. The van der Waals surface area contributed by atoms with E-state index in [9.17, 15) is 4.79 Å². The molecule has 23 heavy (non-hydrogen) atoms. The number of likely N-dealkylation sites (tertiary alicyclic amines) is 1. The molecule has 2 heterocycles. The maximum Gasteiger partial charge on any atom is 0.237 e. The fourth-order valence-corrected chi connectivity index (χ4v) is 4.21. The van der Waals surface area contributed by atoms with E-state index in [0.29, 0.717) is 25.0 Å². The molecule has 0 spiro atoms. The van der Waals surface area contributed by atoms with Crippen LogP contribution >= 0.6 is 0 Å². The highest BCUT2D eigenvalue weighted by molar-refractivity contribution is 5.81. The van der Waals surface area contributed by atoms with Gasteiger partial charge in [-0.2, -0.15) is 0 Å². The predicted octanol–water partition coefficient (Wildman–Crippen LogP) is 2.16. The lowest BCUT2D eigenvalue weighted by Gasteiger charge is -2.37. The van der Waals surface area contributed by atoms with Gasteiger partial charge in [-0.05, 0) is 45.1 Å². The highest BCUT2D eigenvalue weighted by Crippen LogP contribution is 2.26. The van der Waals surface area contributed by atoms with Crippen molar-refractivity contribution in [3.63, 3.8) is 0 Å². The Hall–Kier alpha value is -0.650. The van der Waals surface area contributed by atoms with Crippen molar-refractivity contribution in [1.82, 2.24) is 10.2 Å². The zero-order valence-electron chi connectivity index (χ0n) is 14.5. The number of nitrogens with zero attached hydrogens (tertiary/aromatic N) is 1. The largest absolute Gasteiger partial charge is 0.354 e. The van der Waals surface area contributed by atoms with Crippen molar-refractivity contribution in [1.29, 1.82) is 0 Å². The third-order valence-corrected chi connectivity index (χ3v) is 5.74. The molecule has 3 fully saturated rings. The van der Waals surface area contributed by atoms with Gasteiger partial charge in [-0.3, -0.25) is 9.69 Å². The Morgan fingerprint density at radius 3 is 2.61 bits per heavy atom. The van der Waals surface area contributed by atoms with Crippen molar-refractivity contribution in [2.24, 2.45) is 11.8 Å². The van der Waals surface area contributed by atoms with Crippen LogP contribution in [0.15, 0.2) is 0 Å². The van der Waals surface area contributed by atoms with Crippen LogP contribution in [0.2, 0.25) is 0 Å². The Bertz CT molecular complexity index is 378. The molecule has 132 valence electrons. The minimum atomic E-state index is -0.0599. The number of carbonyl (C=O) groups is 1. The first kappa shape index (κ1) is 17.2. The molecular formula is C18H32N2O3. The molecule has 0 aromatic carbocycles. The molecule has 1 aliphatic carbocycles. The second-order valence-electron chi connectivity index (χ2n) is 7.43. The standard InChI is InChI=1S/C18H32N2O3/c1-14(17(21)19-12-15-6-3-2-4-7-15)20-9-5-8-16(13-20)18-22-10-11-23-18/h14-16,18H,2-13H2,1H3,(H,19,21). The van der Waals surface area contributed by atoms with E-state index in [1.807, 2.05) is 6.92 Å². The average molecular weight is 324 g/mol. The zero-order chi connectivity index (χ0) is 16.1. The molecule has 2 saturated heterocycles. The van der Waals surface area contributed by atoms with E-state index in [1.165, 1.54) is 32.1 Å². The van der Waals surface area contributed by atoms with Gasteiger partial charge < -0.3 is 14.8 Å². The quantitative estimate of drug-likeness (QED) is 0.842. The van der Waals surface area contributed by atoms with Crippen molar-refractivity contribution in [2.75, 3.05) is 32.8 Å². The average Bonchev–Trinajstić information content (AvgIpc) is 3.15. The van der Waals surface area contributed by atoms with Crippen molar-refractivity contribution in [3.8, 4) is 0 Å². The first-order chi connectivity index (χ1) is 11.2. The number of rotatable bonds is 5. The molecule has 0 bridgehead atoms. The van der Waals surface area contributed by atoms with Crippen molar-refractivity contribution in [2.45, 2.75) is 64.2 Å². The molecule has 2 unspecified atom stereocenters. The second kappa shape index (κ2) is 8.45. The number of hydrogen-bond acceptors (Lipinski definition) is 4. The number of hydrogen-bond donors (Lipinski definition) is 1. The lowest BCUT2D eigenvalue weighted by molar-refractivity contribution is -0.130. The van der Waals surface area contributed by atoms with Gasteiger partial charge in [0, 0.05) is 19.0 Å². The molecule has 0 aromatic rings. The topological polar surface area (TPSA) is 50.8 Å². The molecule has 3 aliphatic rings. The zero-order valence-corrected chi connectivity index (χ0v) is 14.5. The summed E-state index contributed by atoms with van der Waals surface area (Å²) < 4.78 is 11.3. The summed E-state index contributed by atoms with van der Waals surface area (Å²) in [6.07, 6.45) is 8.76. The molecule has 2 aliphatic heterocycles. The number of amides is 1. The van der Waals surface area contributed by atoms with Gasteiger partial charge in [0.05, 0.1) is 19.3 Å². The van der Waals surface area contributed by atoms with E-state index >= 15 is 0 Å². The van der Waals surface area contributed by atoms with E-state index in [-0.39, 0.29) is 18.2 Å². The van der Waals surface area contributed by atoms with Gasteiger partial charge in [0.15, 0.2) is 6.29 Å². The Balaban J connectivity index is 1.44. The highest BCUT2D eigenvalue weighted by atomic mass is 16.7. The van der Waals surface area contributed by atoms with E-state index in [4.69, 9.17) is 9.47 Å². The third-order valence-electron chi connectivity index (χ3n) is 5.74. The lowest BCUT2D eigenvalue weighted by Crippen LogP contribution is -2.51. The van der Waals surface area contributed by atoms with Gasteiger partial charge >= 0.3 is 0 Å². The summed E-state index contributed by atoms with van der Waals surface area (Å²) in [4.78, 5) is 14.8. The van der Waals surface area contributed by atoms with E-state index in [1.54, 1.807) is 0 Å². The summed E-state index contributed by atoms with van der Waals surface area (Å²) in [6, 6.07) is -0.0530. The minimum absolute atomic E-state index is 0.0530. The van der Waals surface area contributed by atoms with Crippen molar-refractivity contribution < 1.29 is 14.3 Å². The predicted molar refractivity (Wildman–Crippen MR) is 89.0 cm³/mol. The fraction of sp³-hybridized carbons (Fsp3) is 0.944. The Kier molecular flexibility index (Phi) is 6.31. The van der Waals surface area contributed by atoms with Gasteiger partial charge in [0.25, 0.3) is 0 Å². The summed E-state index contributed by atoms with van der Waals surface area (Å²) >= 11 is 0. The summed E-state index contributed by atoms with van der Waals surface area (Å²) in [7, 11) is 0. The van der Waals surface area contributed by atoms with Crippen LogP contribution in [0, 0.1) is 11.8 Å². The van der Waals surface area contributed by atoms with Gasteiger partial charge in [-0.15, -0.1) is 0 Å². The third kappa shape index (κ3) is 4.68. The van der Waals surface area contributed by atoms with Crippen LogP contribution in [0.4, 0.5) is 0 Å². The SMILES string of the molecule is CC(C(=O)NCC1CCCCC1)N1CCCC(C2OCCO2)C1. The monoisotopic (exact) mass is 324 g/mol. The normalized spacial score (nSPS) is 29.5. The molecule has 5 nitrogen and oxygen atoms in total. The van der Waals surface area contributed by atoms with Crippen molar-refractivity contribution in [3.05, 3.63) is 0 Å². The lowest BCUT2D eigenvalue weighted by atomic mass is 9.89. The molecule has 0 radical (unpaired) electrons. The molecule has 0 aromatic heterocycles. The molecule has 1 N–H and O–H groups in total. The highest BCUT2D eigenvalue weighted by Gasteiger charge is 2.34. The molecular weight excluding hydrogens is 292 g/mol. The van der Waals surface area contributed by atoms with Gasteiger partial charge in [0.2, 0.25) is 5.91 Å². The van der Waals surface area contributed by atoms with Crippen molar-refractivity contribution >= 4 is 5.91 Å². The first-order valence-electron chi connectivity index (χ1n) is 9.49. The van der Waals surface area contributed by atoms with Crippen LogP contribution in [0.3, 0.4) is 0 Å². The van der Waals surface area contributed by atoms with Crippen LogP contribution < -0.4 is 5.32 Å². The number of ether oxygens (including phenoxy) is 2. The molecule has 1 amide bonds. The van der Waals surface area contributed by atoms with Crippen LogP contribution in [-0.2, 0) is 14.3 Å². The maximum absolute atomic E-state index is 12.5. The number of nitrogens with one attached hydrogen (secondary N) is 1. The second-order valence-corrected chi connectivity index (χ2v) is 7.43. The van der Waals surface area contributed by atoms with E-state index in [0.717, 1.165) is 32.5 Å². The minimum Gasteiger partial charge on any atom is -0.354 e. The fourth-order valence-electron chi connectivity index (χ4n) is 4.21. The molecule has 5 heteroatoms. The summed E-state index contributed by atoms with van der Waals surface area (Å²) in [5.41, 5.74) is 0. The summed E-state index contributed by atoms with van der Waals surface area (Å²) in [5, 5.41) is 3.19. The van der Waals surface area contributed by atoms with Crippen LogP contribution in [0.25, 0.3) is 0 Å². The number of carbonyl (C=O) groups excluding carboxylic acids is 1. The van der Waals surface area contributed by atoms with Gasteiger partial charge in [0.1, 0.15) is 0 Å². The number of piperidine rings is 1. The Labute approximate surface area is 140 Å². The summed E-state index contributed by atoms with van der Waals surface area (Å²) in [5.74, 6) is 1.28. The van der Waals surface area contributed by atoms with Crippen LogP contribution in [0.5, 0.6) is 0 Å². The van der Waals surface area contributed by atoms with Gasteiger partial charge in [-0.25, -0.2) is 0 Å². The van der Waals surface area contributed by atoms with E-state index in [2.05, 4.69) is 10.2 Å². The Morgan fingerprint density at radius 2 is 1.87 bits per heavy atom. The summed E-state index contributed by atoms with van der Waals surface area (Å²) in [6.45, 7) is 6.21. The van der Waals surface area contributed by atoms with E-state index < -0.39 is 0 Å². The molecule has 1 saturated carbocycles. The maximum atomic E-state index is 12.5. The smallest absolute Gasteiger partial charge is 0.237 e. The van der Waals surface area contributed by atoms with Crippen LogP contribution in [-0.4, -0.2) is 56.0 Å². The Morgan fingerprint density at radius 1 is 1.13 bits per heavy atom. The van der Waals surface area contributed by atoms with Gasteiger partial charge in [-0.1, -0.05) is 19.3 Å². The molecule has 3 rings (SSSR count). The first-order valence-corrected chi connectivity index (χ1v) is 9.49.